The molecule has 0 bridgehead atoms. The van der Waals surface area contributed by atoms with Gasteiger partial charge in [-0.2, -0.15) is 0 Å². The lowest BCUT2D eigenvalue weighted by Gasteiger charge is -2.13. The Morgan fingerprint density at radius 2 is 2.06 bits per heavy atom. The minimum absolute atomic E-state index is 0.400. The average Bonchev–Trinajstić information content (AvgIpc) is 2.67. The molecule has 0 saturated heterocycles. The predicted molar refractivity (Wildman–Crippen MR) is 73.8 cm³/mol. The Balaban J connectivity index is 2.53. The summed E-state index contributed by atoms with van der Waals surface area (Å²) in [7, 11) is 1.69. The van der Waals surface area contributed by atoms with E-state index < -0.39 is 0 Å². The highest BCUT2D eigenvalue weighted by molar-refractivity contribution is 5.66. The second kappa shape index (κ2) is 4.72. The molecule has 0 atom stereocenters. The number of aromatic nitrogens is 2. The van der Waals surface area contributed by atoms with Crippen LogP contribution < -0.4 is 10.5 Å². The summed E-state index contributed by atoms with van der Waals surface area (Å²) in [5, 5.41) is 0. The van der Waals surface area contributed by atoms with Crippen LogP contribution in [0.3, 0.4) is 0 Å². The van der Waals surface area contributed by atoms with Crippen LogP contribution in [0.4, 0.5) is 5.95 Å². The lowest BCUT2D eigenvalue weighted by molar-refractivity contribution is 0.407. The second-order valence-electron chi connectivity index (χ2n) is 4.71. The first-order valence-corrected chi connectivity index (χ1v) is 6.03. The highest BCUT2D eigenvalue weighted by Crippen LogP contribution is 2.32. The molecule has 96 valence electrons. The predicted octanol–water partition coefficient (Wildman–Crippen LogP) is 3.10. The van der Waals surface area contributed by atoms with E-state index in [9.17, 15) is 0 Å². The topological polar surface area (TPSA) is 63.9 Å². The number of hydrogen-bond donors (Lipinski definition) is 2. The van der Waals surface area contributed by atoms with E-state index in [1.54, 1.807) is 7.11 Å². The van der Waals surface area contributed by atoms with Gasteiger partial charge in [0, 0.05) is 11.3 Å². The quantitative estimate of drug-likeness (QED) is 0.873. The Hall–Kier alpha value is -1.97. The van der Waals surface area contributed by atoms with E-state index in [1.807, 2.05) is 19.1 Å². The van der Waals surface area contributed by atoms with Crippen molar-refractivity contribution in [2.24, 2.45) is 0 Å². The maximum absolute atomic E-state index is 5.68. The van der Waals surface area contributed by atoms with E-state index >= 15 is 0 Å². The summed E-state index contributed by atoms with van der Waals surface area (Å²) in [6, 6.07) is 6.11. The first-order chi connectivity index (χ1) is 8.52. The minimum atomic E-state index is 0.400. The van der Waals surface area contributed by atoms with Crippen LogP contribution in [0, 0.1) is 6.92 Å². The molecule has 1 aromatic carbocycles. The lowest BCUT2D eigenvalue weighted by Crippen LogP contribution is -1.95. The Kier molecular flexibility index (Phi) is 3.28. The molecule has 0 aliphatic carbocycles. The number of methoxy groups -OCH3 is 1. The van der Waals surface area contributed by atoms with Crippen molar-refractivity contribution in [3.05, 3.63) is 29.5 Å². The third kappa shape index (κ3) is 2.18. The number of nitrogens with zero attached hydrogens (tertiary/aromatic N) is 1. The third-order valence-corrected chi connectivity index (χ3v) is 3.03. The number of aryl methyl sites for hydroxylation is 1. The van der Waals surface area contributed by atoms with E-state index in [4.69, 9.17) is 10.5 Å². The fourth-order valence-electron chi connectivity index (χ4n) is 2.10. The summed E-state index contributed by atoms with van der Waals surface area (Å²) < 4.78 is 5.38. The molecule has 4 nitrogen and oxygen atoms in total. The molecule has 0 aliphatic heterocycles. The van der Waals surface area contributed by atoms with Crippen LogP contribution in [0.25, 0.3) is 11.3 Å². The zero-order valence-electron chi connectivity index (χ0n) is 11.2. The Bertz CT molecular complexity index is 558. The van der Waals surface area contributed by atoms with Gasteiger partial charge in [-0.3, -0.25) is 0 Å². The number of hydrogen-bond acceptors (Lipinski definition) is 3. The monoisotopic (exact) mass is 245 g/mol. The maximum Gasteiger partial charge on any atom is 0.198 e. The molecule has 18 heavy (non-hydrogen) atoms. The number of H-pyrrole nitrogens is 1. The van der Waals surface area contributed by atoms with Crippen molar-refractivity contribution < 1.29 is 4.74 Å². The van der Waals surface area contributed by atoms with Crippen molar-refractivity contribution >= 4 is 5.95 Å². The summed E-state index contributed by atoms with van der Waals surface area (Å²) in [5.74, 6) is 1.76. The molecule has 0 saturated carbocycles. The van der Waals surface area contributed by atoms with Crippen LogP contribution in [-0.4, -0.2) is 17.1 Å². The molecule has 2 rings (SSSR count). The first kappa shape index (κ1) is 12.5. The van der Waals surface area contributed by atoms with E-state index in [0.717, 1.165) is 22.7 Å². The fraction of sp³-hybridized carbons (Fsp3) is 0.357. The highest BCUT2D eigenvalue weighted by atomic mass is 16.5. The van der Waals surface area contributed by atoms with Gasteiger partial charge in [0.05, 0.1) is 12.8 Å². The molecule has 0 amide bonds. The molecule has 2 aromatic rings. The van der Waals surface area contributed by atoms with Crippen LogP contribution >= 0.6 is 0 Å². The number of nitrogens with one attached hydrogen (secondary N) is 1. The number of aromatic amines is 1. The van der Waals surface area contributed by atoms with Crippen LogP contribution in [-0.2, 0) is 0 Å². The molecule has 0 spiro atoms. The fourth-order valence-corrected chi connectivity index (χ4v) is 2.10. The van der Waals surface area contributed by atoms with Crippen LogP contribution in [0.2, 0.25) is 0 Å². The van der Waals surface area contributed by atoms with Gasteiger partial charge in [-0.05, 0) is 36.6 Å². The van der Waals surface area contributed by atoms with Crippen molar-refractivity contribution in [3.8, 4) is 17.0 Å². The zero-order valence-corrected chi connectivity index (χ0v) is 11.2. The SMILES string of the molecule is COc1ccc(-c2nc(N)[nH]c2C)cc1C(C)C. The lowest BCUT2D eigenvalue weighted by atomic mass is 9.98. The zero-order chi connectivity index (χ0) is 13.3. The van der Waals surface area contributed by atoms with Gasteiger partial charge in [0.2, 0.25) is 0 Å². The van der Waals surface area contributed by atoms with Crippen molar-refractivity contribution in [2.75, 3.05) is 12.8 Å². The van der Waals surface area contributed by atoms with Gasteiger partial charge in [0.25, 0.3) is 0 Å². The van der Waals surface area contributed by atoms with Gasteiger partial charge in [-0.15, -0.1) is 0 Å². The summed E-state index contributed by atoms with van der Waals surface area (Å²) in [5.41, 5.74) is 9.80. The van der Waals surface area contributed by atoms with Crippen molar-refractivity contribution in [2.45, 2.75) is 26.7 Å². The van der Waals surface area contributed by atoms with Gasteiger partial charge in [-0.25, -0.2) is 4.98 Å². The normalized spacial score (nSPS) is 10.9. The number of nitrogens with two attached hydrogens (primary N) is 1. The molecular formula is C14H19N3O. The van der Waals surface area contributed by atoms with E-state index in [0.29, 0.717) is 11.9 Å². The van der Waals surface area contributed by atoms with Gasteiger partial charge >= 0.3 is 0 Å². The first-order valence-electron chi connectivity index (χ1n) is 6.03. The highest BCUT2D eigenvalue weighted by Gasteiger charge is 2.12. The number of imidazole rings is 1. The maximum atomic E-state index is 5.68. The molecule has 0 radical (unpaired) electrons. The van der Waals surface area contributed by atoms with Crippen molar-refractivity contribution in [1.82, 2.24) is 9.97 Å². The molecular weight excluding hydrogens is 226 g/mol. The molecule has 1 aromatic heterocycles. The molecule has 0 unspecified atom stereocenters. The Labute approximate surface area is 107 Å². The minimum Gasteiger partial charge on any atom is -0.496 e. The third-order valence-electron chi connectivity index (χ3n) is 3.03. The molecule has 4 heteroatoms. The molecule has 0 aliphatic rings. The Morgan fingerprint density at radius 3 is 2.56 bits per heavy atom. The van der Waals surface area contributed by atoms with Crippen LogP contribution in [0.15, 0.2) is 18.2 Å². The average molecular weight is 245 g/mol. The van der Waals surface area contributed by atoms with Gasteiger partial charge in [-0.1, -0.05) is 13.8 Å². The molecule has 3 N–H and O–H groups in total. The van der Waals surface area contributed by atoms with Gasteiger partial charge in [0.1, 0.15) is 5.75 Å². The summed E-state index contributed by atoms with van der Waals surface area (Å²) in [6.45, 7) is 6.26. The molecule has 0 fully saturated rings. The van der Waals surface area contributed by atoms with Gasteiger partial charge in [0.15, 0.2) is 5.95 Å². The molecule has 1 heterocycles. The smallest absolute Gasteiger partial charge is 0.198 e. The van der Waals surface area contributed by atoms with E-state index in [1.165, 1.54) is 5.56 Å². The number of benzene rings is 1. The van der Waals surface area contributed by atoms with Crippen LogP contribution in [0.5, 0.6) is 5.75 Å². The Morgan fingerprint density at radius 1 is 1.33 bits per heavy atom. The standard InChI is InChI=1S/C14H19N3O/c1-8(2)11-7-10(5-6-12(11)18-4)13-9(3)16-14(15)17-13/h5-8H,1-4H3,(H3,15,16,17). The van der Waals surface area contributed by atoms with E-state index in [2.05, 4.69) is 29.9 Å². The van der Waals surface area contributed by atoms with Crippen molar-refractivity contribution in [3.63, 3.8) is 0 Å². The number of ether oxygens (including phenoxy) is 1. The van der Waals surface area contributed by atoms with Gasteiger partial charge < -0.3 is 15.5 Å². The number of rotatable bonds is 3. The summed E-state index contributed by atoms with van der Waals surface area (Å²) in [6.07, 6.45) is 0. The van der Waals surface area contributed by atoms with Crippen molar-refractivity contribution in [1.29, 1.82) is 0 Å². The van der Waals surface area contributed by atoms with Crippen LogP contribution in [0.1, 0.15) is 31.0 Å². The second-order valence-corrected chi connectivity index (χ2v) is 4.71. The largest absolute Gasteiger partial charge is 0.496 e. The number of anilines is 1. The summed E-state index contributed by atoms with van der Waals surface area (Å²) in [4.78, 5) is 7.34. The summed E-state index contributed by atoms with van der Waals surface area (Å²) >= 11 is 0. The van der Waals surface area contributed by atoms with E-state index in [-0.39, 0.29) is 0 Å². The number of nitrogen functional groups attached to an aromatic ring is 1.